The molecule has 0 saturated heterocycles. The number of nitrogens with one attached hydrogen (secondary N) is 2. The standard InChI is InChI=1S/C22H22N2O6S2/c1-16-4-3-5-20(14-16)24-32(28,29)21-12-10-19(11-13-21)23-31(26,27)15-17-6-8-18(9-7-17)22(25)30-2/h3-14,23-24H,15H2,1-2H3. The van der Waals surface area contributed by atoms with Crippen LogP contribution in [0.25, 0.3) is 0 Å². The normalized spacial score (nSPS) is 11.6. The van der Waals surface area contributed by atoms with Gasteiger partial charge >= 0.3 is 5.97 Å². The van der Waals surface area contributed by atoms with E-state index in [0.29, 0.717) is 16.8 Å². The van der Waals surface area contributed by atoms with Crippen LogP contribution in [-0.2, 0) is 30.5 Å². The number of rotatable bonds is 8. The summed E-state index contributed by atoms with van der Waals surface area (Å²) in [6.07, 6.45) is 0. The minimum absolute atomic E-state index is 0.000327. The third-order valence-corrected chi connectivity index (χ3v) is 7.10. The number of hydrogen-bond donors (Lipinski definition) is 2. The van der Waals surface area contributed by atoms with Gasteiger partial charge in [-0.1, -0.05) is 24.3 Å². The second-order valence-electron chi connectivity index (χ2n) is 7.05. The Balaban J connectivity index is 1.68. The number of ether oxygens (including phenoxy) is 1. The van der Waals surface area contributed by atoms with Crippen molar-refractivity contribution in [1.29, 1.82) is 0 Å². The van der Waals surface area contributed by atoms with E-state index in [0.717, 1.165) is 5.56 Å². The van der Waals surface area contributed by atoms with Crippen LogP contribution in [-0.4, -0.2) is 29.9 Å². The summed E-state index contributed by atoms with van der Waals surface area (Å²) >= 11 is 0. The van der Waals surface area contributed by atoms with E-state index >= 15 is 0 Å². The number of sulfonamides is 2. The fourth-order valence-corrected chi connectivity index (χ4v) is 5.16. The van der Waals surface area contributed by atoms with Gasteiger partial charge in [-0.05, 0) is 66.6 Å². The van der Waals surface area contributed by atoms with E-state index in [1.165, 1.54) is 55.6 Å². The van der Waals surface area contributed by atoms with Gasteiger partial charge in [0.05, 0.1) is 23.3 Å². The summed E-state index contributed by atoms with van der Waals surface area (Å²) in [6.45, 7) is 1.85. The van der Waals surface area contributed by atoms with Crippen molar-refractivity contribution in [2.75, 3.05) is 16.6 Å². The molecular formula is C22H22N2O6S2. The van der Waals surface area contributed by atoms with Gasteiger partial charge in [0.25, 0.3) is 10.0 Å². The molecule has 0 atom stereocenters. The minimum Gasteiger partial charge on any atom is -0.465 e. The van der Waals surface area contributed by atoms with Crippen LogP contribution in [0.3, 0.4) is 0 Å². The lowest BCUT2D eigenvalue weighted by atomic mass is 10.1. The van der Waals surface area contributed by atoms with Crippen LogP contribution in [0.2, 0.25) is 0 Å². The molecule has 0 radical (unpaired) electrons. The van der Waals surface area contributed by atoms with Crippen LogP contribution >= 0.6 is 0 Å². The molecule has 32 heavy (non-hydrogen) atoms. The summed E-state index contributed by atoms with van der Waals surface area (Å²) in [5.74, 6) is -0.826. The lowest BCUT2D eigenvalue weighted by Gasteiger charge is -2.11. The van der Waals surface area contributed by atoms with Crippen LogP contribution in [0.1, 0.15) is 21.5 Å². The molecule has 0 saturated carbocycles. The molecule has 3 aromatic carbocycles. The van der Waals surface area contributed by atoms with Crippen LogP contribution in [0.15, 0.2) is 77.7 Å². The Morgan fingerprint density at radius 3 is 2.09 bits per heavy atom. The Kier molecular flexibility index (Phi) is 6.85. The molecule has 3 rings (SSSR count). The summed E-state index contributed by atoms with van der Waals surface area (Å²) < 4.78 is 59.6. The van der Waals surface area contributed by atoms with Crippen molar-refractivity contribution in [1.82, 2.24) is 0 Å². The second kappa shape index (κ2) is 9.41. The molecular weight excluding hydrogens is 452 g/mol. The van der Waals surface area contributed by atoms with Crippen LogP contribution in [0, 0.1) is 6.92 Å². The summed E-state index contributed by atoms with van der Waals surface area (Å²) in [7, 11) is -6.31. The SMILES string of the molecule is COC(=O)c1ccc(CS(=O)(=O)Nc2ccc(S(=O)(=O)Nc3cccc(C)c3)cc2)cc1. The monoisotopic (exact) mass is 474 g/mol. The largest absolute Gasteiger partial charge is 0.465 e. The Morgan fingerprint density at radius 2 is 1.50 bits per heavy atom. The predicted octanol–water partition coefficient (Wildman–Crippen LogP) is 3.52. The van der Waals surface area contributed by atoms with Gasteiger partial charge in [-0.3, -0.25) is 9.44 Å². The number of benzene rings is 3. The molecule has 2 N–H and O–H groups in total. The Bertz CT molecular complexity index is 1320. The number of methoxy groups -OCH3 is 1. The van der Waals surface area contributed by atoms with E-state index in [2.05, 4.69) is 14.2 Å². The van der Waals surface area contributed by atoms with Crippen LogP contribution in [0.5, 0.6) is 0 Å². The van der Waals surface area contributed by atoms with E-state index in [4.69, 9.17) is 0 Å². The van der Waals surface area contributed by atoms with Gasteiger partial charge in [0.2, 0.25) is 10.0 Å². The van der Waals surface area contributed by atoms with E-state index in [1.54, 1.807) is 18.2 Å². The molecule has 3 aromatic rings. The predicted molar refractivity (Wildman–Crippen MR) is 122 cm³/mol. The van der Waals surface area contributed by atoms with Gasteiger partial charge in [0, 0.05) is 11.4 Å². The maximum atomic E-state index is 12.6. The molecule has 0 aromatic heterocycles. The van der Waals surface area contributed by atoms with Crippen molar-refractivity contribution in [2.24, 2.45) is 0 Å². The van der Waals surface area contributed by atoms with Gasteiger partial charge in [-0.25, -0.2) is 21.6 Å². The average Bonchev–Trinajstić information content (AvgIpc) is 2.73. The molecule has 0 spiro atoms. The first-order chi connectivity index (χ1) is 15.1. The molecule has 0 bridgehead atoms. The zero-order valence-corrected chi connectivity index (χ0v) is 19.0. The number of esters is 1. The van der Waals surface area contributed by atoms with Gasteiger partial charge in [0.15, 0.2) is 0 Å². The molecule has 0 aliphatic rings. The van der Waals surface area contributed by atoms with Crippen molar-refractivity contribution in [2.45, 2.75) is 17.6 Å². The maximum absolute atomic E-state index is 12.6. The molecule has 0 heterocycles. The summed E-state index contributed by atoms with van der Waals surface area (Å²) in [5.41, 5.74) is 2.37. The smallest absolute Gasteiger partial charge is 0.337 e. The van der Waals surface area contributed by atoms with Crippen molar-refractivity contribution >= 4 is 37.4 Å². The first-order valence-corrected chi connectivity index (χ1v) is 12.6. The fourth-order valence-electron chi connectivity index (χ4n) is 2.91. The molecule has 8 nitrogen and oxygen atoms in total. The topological polar surface area (TPSA) is 119 Å². The first kappa shape index (κ1) is 23.3. The van der Waals surface area contributed by atoms with E-state index in [9.17, 15) is 21.6 Å². The quantitative estimate of drug-likeness (QED) is 0.482. The third-order valence-electron chi connectivity index (χ3n) is 4.44. The lowest BCUT2D eigenvalue weighted by molar-refractivity contribution is 0.0600. The van der Waals surface area contributed by atoms with Crippen LogP contribution in [0.4, 0.5) is 11.4 Å². The highest BCUT2D eigenvalue weighted by atomic mass is 32.2. The van der Waals surface area contributed by atoms with Crippen molar-refractivity contribution < 1.29 is 26.4 Å². The Morgan fingerprint density at radius 1 is 0.844 bits per heavy atom. The Labute approximate surface area is 187 Å². The second-order valence-corrected chi connectivity index (χ2v) is 10.5. The number of carbonyl (C=O) groups is 1. The van der Waals surface area contributed by atoms with Crippen molar-refractivity contribution in [3.05, 3.63) is 89.5 Å². The van der Waals surface area contributed by atoms with E-state index in [-0.39, 0.29) is 16.3 Å². The highest BCUT2D eigenvalue weighted by Gasteiger charge is 2.16. The minimum atomic E-state index is -3.82. The fraction of sp³-hybridized carbons (Fsp3) is 0.136. The highest BCUT2D eigenvalue weighted by molar-refractivity contribution is 7.92. The average molecular weight is 475 g/mol. The molecule has 0 amide bonds. The van der Waals surface area contributed by atoms with E-state index < -0.39 is 26.0 Å². The number of aryl methyl sites for hydroxylation is 1. The highest BCUT2D eigenvalue weighted by Crippen LogP contribution is 2.20. The van der Waals surface area contributed by atoms with Crippen molar-refractivity contribution in [3.63, 3.8) is 0 Å². The van der Waals surface area contributed by atoms with Gasteiger partial charge in [0.1, 0.15) is 0 Å². The molecule has 0 unspecified atom stereocenters. The number of anilines is 2. The Hall–Kier alpha value is -3.37. The molecule has 0 aliphatic heterocycles. The lowest BCUT2D eigenvalue weighted by Crippen LogP contribution is -2.16. The first-order valence-electron chi connectivity index (χ1n) is 9.45. The third kappa shape index (κ3) is 6.08. The van der Waals surface area contributed by atoms with E-state index in [1.807, 2.05) is 13.0 Å². The zero-order chi connectivity index (χ0) is 23.4. The maximum Gasteiger partial charge on any atom is 0.337 e. The zero-order valence-electron chi connectivity index (χ0n) is 17.4. The molecule has 0 fully saturated rings. The molecule has 10 heteroatoms. The summed E-state index contributed by atoms with van der Waals surface area (Å²) in [6, 6.07) is 18.4. The van der Waals surface area contributed by atoms with Gasteiger partial charge in [-0.15, -0.1) is 0 Å². The van der Waals surface area contributed by atoms with Gasteiger partial charge < -0.3 is 4.74 Å². The summed E-state index contributed by atoms with van der Waals surface area (Å²) in [4.78, 5) is 11.5. The summed E-state index contributed by atoms with van der Waals surface area (Å²) in [5, 5.41) is 0. The number of carbonyl (C=O) groups excluding carboxylic acids is 1. The van der Waals surface area contributed by atoms with Crippen molar-refractivity contribution in [3.8, 4) is 0 Å². The molecule has 168 valence electrons. The number of hydrogen-bond acceptors (Lipinski definition) is 6. The van der Waals surface area contributed by atoms with Crippen LogP contribution < -0.4 is 9.44 Å². The van der Waals surface area contributed by atoms with Gasteiger partial charge in [-0.2, -0.15) is 0 Å². The molecule has 0 aliphatic carbocycles.